The molecule has 1 saturated heterocycles. The van der Waals surface area contributed by atoms with E-state index in [0.717, 1.165) is 49.8 Å². The molecule has 1 aromatic rings. The van der Waals surface area contributed by atoms with Crippen molar-refractivity contribution in [2.24, 2.45) is 7.05 Å². The fourth-order valence-electron chi connectivity index (χ4n) is 1.89. The SMILES string of the molecule is Cc1c(N)c(CN2CCNCC2)nn1C. The lowest BCUT2D eigenvalue weighted by Gasteiger charge is -2.26. The largest absolute Gasteiger partial charge is 0.396 e. The van der Waals surface area contributed by atoms with E-state index in [1.165, 1.54) is 0 Å². The van der Waals surface area contributed by atoms with E-state index in [0.29, 0.717) is 0 Å². The Kier molecular flexibility index (Phi) is 2.93. The van der Waals surface area contributed by atoms with Crippen LogP contribution < -0.4 is 11.1 Å². The summed E-state index contributed by atoms with van der Waals surface area (Å²) in [5.74, 6) is 0. The molecule has 1 aromatic heterocycles. The number of piperazine rings is 1. The van der Waals surface area contributed by atoms with Crippen LogP contribution in [0, 0.1) is 6.92 Å². The summed E-state index contributed by atoms with van der Waals surface area (Å²) in [7, 11) is 1.94. The smallest absolute Gasteiger partial charge is 0.0996 e. The minimum absolute atomic E-state index is 0.844. The van der Waals surface area contributed by atoms with Gasteiger partial charge in [-0.05, 0) is 6.92 Å². The molecule has 0 atom stereocenters. The number of nitrogens with one attached hydrogen (secondary N) is 1. The number of hydrogen-bond donors (Lipinski definition) is 2. The number of aromatic nitrogens is 2. The first-order chi connectivity index (χ1) is 7.18. The van der Waals surface area contributed by atoms with Crippen molar-refractivity contribution in [1.82, 2.24) is 20.0 Å². The van der Waals surface area contributed by atoms with Gasteiger partial charge in [0, 0.05) is 39.8 Å². The van der Waals surface area contributed by atoms with Crippen LogP contribution in [0.3, 0.4) is 0 Å². The van der Waals surface area contributed by atoms with Gasteiger partial charge in [-0.1, -0.05) is 0 Å². The average molecular weight is 209 g/mol. The van der Waals surface area contributed by atoms with Gasteiger partial charge in [-0.15, -0.1) is 0 Å². The van der Waals surface area contributed by atoms with Gasteiger partial charge in [0.15, 0.2) is 0 Å². The number of hydrogen-bond acceptors (Lipinski definition) is 4. The minimum atomic E-state index is 0.844. The number of rotatable bonds is 2. The zero-order valence-corrected chi connectivity index (χ0v) is 9.45. The van der Waals surface area contributed by atoms with Crippen LogP contribution in [0.5, 0.6) is 0 Å². The van der Waals surface area contributed by atoms with Crippen LogP contribution in [-0.2, 0) is 13.6 Å². The highest BCUT2D eigenvalue weighted by atomic mass is 15.3. The number of aryl methyl sites for hydroxylation is 1. The van der Waals surface area contributed by atoms with Crippen molar-refractivity contribution in [2.75, 3.05) is 31.9 Å². The molecule has 0 aromatic carbocycles. The van der Waals surface area contributed by atoms with Gasteiger partial charge in [0.2, 0.25) is 0 Å². The summed E-state index contributed by atoms with van der Waals surface area (Å²) in [6.07, 6.45) is 0. The van der Waals surface area contributed by atoms with Crippen LogP contribution in [0.1, 0.15) is 11.4 Å². The van der Waals surface area contributed by atoms with E-state index >= 15 is 0 Å². The Morgan fingerprint density at radius 1 is 1.40 bits per heavy atom. The van der Waals surface area contributed by atoms with Crippen LogP contribution in [0.25, 0.3) is 0 Å². The molecule has 0 aliphatic carbocycles. The van der Waals surface area contributed by atoms with E-state index in [4.69, 9.17) is 5.73 Å². The molecule has 3 N–H and O–H groups in total. The quantitative estimate of drug-likeness (QED) is 0.703. The van der Waals surface area contributed by atoms with Crippen LogP contribution in [-0.4, -0.2) is 40.9 Å². The molecule has 2 rings (SSSR count). The molecule has 0 saturated carbocycles. The van der Waals surface area contributed by atoms with E-state index in [1.807, 2.05) is 18.7 Å². The topological polar surface area (TPSA) is 59.1 Å². The van der Waals surface area contributed by atoms with Crippen LogP contribution in [0.15, 0.2) is 0 Å². The van der Waals surface area contributed by atoms with Crippen LogP contribution >= 0.6 is 0 Å². The lowest BCUT2D eigenvalue weighted by molar-refractivity contribution is 0.230. The number of nitrogen functional groups attached to an aromatic ring is 1. The molecule has 1 aliphatic rings. The highest BCUT2D eigenvalue weighted by Crippen LogP contribution is 2.16. The minimum Gasteiger partial charge on any atom is -0.396 e. The van der Waals surface area contributed by atoms with Crippen molar-refractivity contribution in [3.63, 3.8) is 0 Å². The van der Waals surface area contributed by atoms with Crippen molar-refractivity contribution in [2.45, 2.75) is 13.5 Å². The molecular formula is C10H19N5. The first kappa shape index (κ1) is 10.4. The fourth-order valence-corrected chi connectivity index (χ4v) is 1.89. The summed E-state index contributed by atoms with van der Waals surface area (Å²) in [6, 6.07) is 0. The van der Waals surface area contributed by atoms with Crippen molar-refractivity contribution in [1.29, 1.82) is 0 Å². The summed E-state index contributed by atoms with van der Waals surface area (Å²) in [5, 5.41) is 7.77. The summed E-state index contributed by atoms with van der Waals surface area (Å²) >= 11 is 0. The standard InChI is InChI=1S/C10H19N5/c1-8-10(11)9(13-14(8)2)7-15-5-3-12-4-6-15/h12H,3-7,11H2,1-2H3. The van der Waals surface area contributed by atoms with Crippen LogP contribution in [0.2, 0.25) is 0 Å². The number of nitrogens with two attached hydrogens (primary N) is 1. The van der Waals surface area contributed by atoms with Gasteiger partial charge in [0.1, 0.15) is 0 Å². The van der Waals surface area contributed by atoms with Gasteiger partial charge in [-0.25, -0.2) is 0 Å². The summed E-state index contributed by atoms with van der Waals surface area (Å²) < 4.78 is 1.85. The Morgan fingerprint density at radius 2 is 2.07 bits per heavy atom. The zero-order chi connectivity index (χ0) is 10.8. The Bertz CT molecular complexity index is 338. The summed E-state index contributed by atoms with van der Waals surface area (Å²) in [4.78, 5) is 2.38. The predicted octanol–water partition coefficient (Wildman–Crippen LogP) is -0.284. The molecule has 0 radical (unpaired) electrons. The first-order valence-electron chi connectivity index (χ1n) is 5.39. The molecule has 84 valence electrons. The predicted molar refractivity (Wildman–Crippen MR) is 60.5 cm³/mol. The second-order valence-corrected chi connectivity index (χ2v) is 4.10. The van der Waals surface area contributed by atoms with Gasteiger partial charge >= 0.3 is 0 Å². The number of anilines is 1. The molecule has 1 aliphatic heterocycles. The molecule has 15 heavy (non-hydrogen) atoms. The van der Waals surface area contributed by atoms with E-state index in [1.54, 1.807) is 0 Å². The maximum absolute atomic E-state index is 5.99. The third-order valence-electron chi connectivity index (χ3n) is 3.04. The fraction of sp³-hybridized carbons (Fsp3) is 0.700. The molecular weight excluding hydrogens is 190 g/mol. The van der Waals surface area contributed by atoms with E-state index in [-0.39, 0.29) is 0 Å². The molecule has 5 nitrogen and oxygen atoms in total. The normalized spacial score (nSPS) is 18.3. The lowest BCUT2D eigenvalue weighted by Crippen LogP contribution is -2.43. The average Bonchev–Trinajstić information content (AvgIpc) is 2.48. The van der Waals surface area contributed by atoms with E-state index < -0.39 is 0 Å². The number of nitrogens with zero attached hydrogens (tertiary/aromatic N) is 3. The first-order valence-corrected chi connectivity index (χ1v) is 5.39. The summed E-state index contributed by atoms with van der Waals surface area (Å²) in [5.41, 5.74) is 8.91. The van der Waals surface area contributed by atoms with E-state index in [2.05, 4.69) is 15.3 Å². The molecule has 0 amide bonds. The lowest BCUT2D eigenvalue weighted by atomic mass is 10.2. The van der Waals surface area contributed by atoms with Gasteiger partial charge in [0.05, 0.1) is 17.1 Å². The molecule has 2 heterocycles. The van der Waals surface area contributed by atoms with Crippen molar-refractivity contribution in [3.8, 4) is 0 Å². The second-order valence-electron chi connectivity index (χ2n) is 4.10. The van der Waals surface area contributed by atoms with Crippen molar-refractivity contribution < 1.29 is 0 Å². The van der Waals surface area contributed by atoms with Gasteiger partial charge < -0.3 is 11.1 Å². The second kappa shape index (κ2) is 4.20. The molecule has 1 fully saturated rings. The summed E-state index contributed by atoms with van der Waals surface area (Å²) in [6.45, 7) is 7.15. The Labute approximate surface area is 90.2 Å². The monoisotopic (exact) mass is 209 g/mol. The van der Waals surface area contributed by atoms with Gasteiger partial charge in [0.25, 0.3) is 0 Å². The maximum atomic E-state index is 5.99. The molecule has 5 heteroatoms. The molecule has 0 spiro atoms. The molecule has 0 unspecified atom stereocenters. The molecule has 0 bridgehead atoms. The Morgan fingerprint density at radius 3 is 2.60 bits per heavy atom. The third kappa shape index (κ3) is 2.13. The highest BCUT2D eigenvalue weighted by molar-refractivity contribution is 5.47. The third-order valence-corrected chi connectivity index (χ3v) is 3.04. The Hall–Kier alpha value is -1.07. The van der Waals surface area contributed by atoms with Crippen LogP contribution in [0.4, 0.5) is 5.69 Å². The zero-order valence-electron chi connectivity index (χ0n) is 9.45. The Balaban J connectivity index is 2.06. The maximum Gasteiger partial charge on any atom is 0.0996 e. The van der Waals surface area contributed by atoms with Crippen molar-refractivity contribution >= 4 is 5.69 Å². The van der Waals surface area contributed by atoms with E-state index in [9.17, 15) is 0 Å². The van der Waals surface area contributed by atoms with Gasteiger partial charge in [-0.2, -0.15) is 5.10 Å². The van der Waals surface area contributed by atoms with Gasteiger partial charge in [-0.3, -0.25) is 9.58 Å². The van der Waals surface area contributed by atoms with Crippen molar-refractivity contribution in [3.05, 3.63) is 11.4 Å². The highest BCUT2D eigenvalue weighted by Gasteiger charge is 2.15.